The second-order valence-electron chi connectivity index (χ2n) is 2.45. The molecule has 1 heterocycles. The highest BCUT2D eigenvalue weighted by Crippen LogP contribution is 2.18. The Labute approximate surface area is 60.9 Å². The molecular weight excluding hydrogens is 130 g/mol. The molecular formula is C7H13NO2. The Kier molecular flexibility index (Phi) is 2.43. The molecule has 3 nitrogen and oxygen atoms in total. The molecule has 3 heteroatoms. The van der Waals surface area contributed by atoms with Gasteiger partial charge in [-0.1, -0.05) is 6.08 Å². The van der Waals surface area contributed by atoms with Crippen LogP contribution in [-0.2, 0) is 4.74 Å². The fourth-order valence-corrected chi connectivity index (χ4v) is 1.30. The van der Waals surface area contributed by atoms with Crippen LogP contribution in [0.5, 0.6) is 0 Å². The van der Waals surface area contributed by atoms with E-state index in [9.17, 15) is 5.21 Å². The Morgan fingerprint density at radius 2 is 2.50 bits per heavy atom. The molecule has 0 aliphatic carbocycles. The third kappa shape index (κ3) is 1.21. The Morgan fingerprint density at radius 3 is 2.90 bits per heavy atom. The Balaban J connectivity index is 2.53. The summed E-state index contributed by atoms with van der Waals surface area (Å²) < 4.78 is 5.11. The van der Waals surface area contributed by atoms with E-state index in [1.54, 1.807) is 13.2 Å². The molecule has 1 rings (SSSR count). The van der Waals surface area contributed by atoms with Crippen LogP contribution >= 0.6 is 0 Å². The number of methoxy groups -OCH3 is 1. The summed E-state index contributed by atoms with van der Waals surface area (Å²) in [5, 5.41) is 10.4. The summed E-state index contributed by atoms with van der Waals surface area (Å²) in [7, 11) is 1.65. The maximum atomic E-state index is 9.17. The molecule has 0 unspecified atom stereocenters. The van der Waals surface area contributed by atoms with E-state index in [-0.39, 0.29) is 12.1 Å². The molecule has 1 aliphatic heterocycles. The highest BCUT2D eigenvalue weighted by atomic mass is 16.5. The van der Waals surface area contributed by atoms with Crippen molar-refractivity contribution in [2.45, 2.75) is 18.6 Å². The Bertz CT molecular complexity index is 127. The number of nitrogens with zero attached hydrogens (tertiary/aromatic N) is 1. The molecule has 58 valence electrons. The smallest absolute Gasteiger partial charge is 0.0798 e. The minimum atomic E-state index is -0.0231. The van der Waals surface area contributed by atoms with E-state index in [0.717, 1.165) is 6.42 Å². The van der Waals surface area contributed by atoms with Crippen molar-refractivity contribution >= 4 is 0 Å². The number of hydroxylamine groups is 2. The lowest BCUT2D eigenvalue weighted by molar-refractivity contribution is -0.104. The zero-order valence-electron chi connectivity index (χ0n) is 6.16. The van der Waals surface area contributed by atoms with E-state index in [1.807, 2.05) is 0 Å². The van der Waals surface area contributed by atoms with Gasteiger partial charge < -0.3 is 9.94 Å². The van der Waals surface area contributed by atoms with Gasteiger partial charge in [0.05, 0.1) is 12.1 Å². The van der Waals surface area contributed by atoms with E-state index >= 15 is 0 Å². The molecule has 1 saturated heterocycles. The lowest BCUT2D eigenvalue weighted by atomic mass is 10.2. The molecule has 1 fully saturated rings. The van der Waals surface area contributed by atoms with Crippen molar-refractivity contribution in [3.05, 3.63) is 12.7 Å². The first-order valence-electron chi connectivity index (χ1n) is 3.40. The number of hydrogen-bond acceptors (Lipinski definition) is 3. The average molecular weight is 143 g/mol. The fraction of sp³-hybridized carbons (Fsp3) is 0.714. The van der Waals surface area contributed by atoms with Gasteiger partial charge in [-0.05, 0) is 6.42 Å². The van der Waals surface area contributed by atoms with E-state index in [0.29, 0.717) is 6.54 Å². The Hall–Kier alpha value is -0.380. The standard InChI is InChI=1S/C7H13NO2/c1-3-6-7(10-2)4-5-8(6)9/h3,6-7,9H,1,4-5H2,2H3/t6-,7+/m1/s1. The predicted molar refractivity (Wildman–Crippen MR) is 37.9 cm³/mol. The maximum absolute atomic E-state index is 9.17. The van der Waals surface area contributed by atoms with Gasteiger partial charge in [0.25, 0.3) is 0 Å². The average Bonchev–Trinajstić information content (AvgIpc) is 2.30. The normalized spacial score (nSPS) is 34.6. The third-order valence-corrected chi connectivity index (χ3v) is 1.91. The lowest BCUT2D eigenvalue weighted by Crippen LogP contribution is -2.31. The number of rotatable bonds is 2. The largest absolute Gasteiger partial charge is 0.379 e. The van der Waals surface area contributed by atoms with Gasteiger partial charge >= 0.3 is 0 Å². The van der Waals surface area contributed by atoms with E-state index < -0.39 is 0 Å². The quantitative estimate of drug-likeness (QED) is 0.576. The highest BCUT2D eigenvalue weighted by Gasteiger charge is 2.30. The molecule has 0 radical (unpaired) electrons. The van der Waals surface area contributed by atoms with E-state index in [1.165, 1.54) is 5.06 Å². The fourth-order valence-electron chi connectivity index (χ4n) is 1.30. The molecule has 0 bridgehead atoms. The predicted octanol–water partition coefficient (Wildman–Crippen LogP) is 0.651. The highest BCUT2D eigenvalue weighted by molar-refractivity contribution is 4.95. The number of hydrogen-bond donors (Lipinski definition) is 1. The van der Waals surface area contributed by atoms with Crippen LogP contribution in [0.25, 0.3) is 0 Å². The van der Waals surface area contributed by atoms with Crippen LogP contribution in [0.4, 0.5) is 0 Å². The molecule has 0 amide bonds. The first-order valence-corrected chi connectivity index (χ1v) is 3.40. The van der Waals surface area contributed by atoms with Gasteiger partial charge in [0.2, 0.25) is 0 Å². The third-order valence-electron chi connectivity index (χ3n) is 1.91. The monoisotopic (exact) mass is 143 g/mol. The zero-order chi connectivity index (χ0) is 7.56. The summed E-state index contributed by atoms with van der Waals surface area (Å²) in [6, 6.07) is -0.0231. The van der Waals surface area contributed by atoms with Gasteiger partial charge in [0.15, 0.2) is 0 Å². The van der Waals surface area contributed by atoms with Gasteiger partial charge in [0.1, 0.15) is 0 Å². The first kappa shape index (κ1) is 7.72. The van der Waals surface area contributed by atoms with Gasteiger partial charge in [0, 0.05) is 13.7 Å². The van der Waals surface area contributed by atoms with Gasteiger partial charge in [-0.25, -0.2) is 0 Å². The topological polar surface area (TPSA) is 32.7 Å². The molecule has 0 aromatic heterocycles. The van der Waals surface area contributed by atoms with Crippen molar-refractivity contribution in [3.63, 3.8) is 0 Å². The summed E-state index contributed by atoms with van der Waals surface area (Å²) in [5.41, 5.74) is 0. The van der Waals surface area contributed by atoms with Crippen LogP contribution in [0.2, 0.25) is 0 Å². The van der Waals surface area contributed by atoms with Crippen molar-refractivity contribution < 1.29 is 9.94 Å². The van der Waals surface area contributed by atoms with Crippen LogP contribution < -0.4 is 0 Å². The van der Waals surface area contributed by atoms with Crippen molar-refractivity contribution in [2.24, 2.45) is 0 Å². The maximum Gasteiger partial charge on any atom is 0.0798 e. The van der Waals surface area contributed by atoms with Crippen LogP contribution in [0, 0.1) is 0 Å². The van der Waals surface area contributed by atoms with Crippen LogP contribution in [0.1, 0.15) is 6.42 Å². The summed E-state index contributed by atoms with van der Waals surface area (Å²) in [4.78, 5) is 0. The SMILES string of the molecule is C=C[C@@H]1[C@@H](OC)CCN1O. The molecule has 0 spiro atoms. The van der Waals surface area contributed by atoms with E-state index in [4.69, 9.17) is 4.74 Å². The molecule has 0 aromatic carbocycles. The zero-order valence-corrected chi connectivity index (χ0v) is 6.16. The molecule has 0 aromatic rings. The minimum Gasteiger partial charge on any atom is -0.379 e. The van der Waals surface area contributed by atoms with Crippen LogP contribution in [0.3, 0.4) is 0 Å². The molecule has 2 atom stereocenters. The molecule has 0 saturated carbocycles. The molecule has 10 heavy (non-hydrogen) atoms. The van der Waals surface area contributed by atoms with Crippen molar-refractivity contribution in [2.75, 3.05) is 13.7 Å². The summed E-state index contributed by atoms with van der Waals surface area (Å²) in [6.07, 6.45) is 2.70. The summed E-state index contributed by atoms with van der Waals surface area (Å²) >= 11 is 0. The minimum absolute atomic E-state index is 0.0231. The second-order valence-corrected chi connectivity index (χ2v) is 2.45. The Morgan fingerprint density at radius 1 is 1.80 bits per heavy atom. The number of ether oxygens (including phenoxy) is 1. The second kappa shape index (κ2) is 3.14. The van der Waals surface area contributed by atoms with Gasteiger partial charge in [-0.2, -0.15) is 5.06 Å². The van der Waals surface area contributed by atoms with Crippen molar-refractivity contribution in [3.8, 4) is 0 Å². The van der Waals surface area contributed by atoms with Crippen molar-refractivity contribution in [1.82, 2.24) is 5.06 Å². The van der Waals surface area contributed by atoms with E-state index in [2.05, 4.69) is 6.58 Å². The van der Waals surface area contributed by atoms with Gasteiger partial charge in [-0.15, -0.1) is 6.58 Å². The van der Waals surface area contributed by atoms with Gasteiger partial charge in [-0.3, -0.25) is 0 Å². The van der Waals surface area contributed by atoms with Crippen LogP contribution in [-0.4, -0.2) is 36.1 Å². The summed E-state index contributed by atoms with van der Waals surface area (Å²) in [5.74, 6) is 0. The van der Waals surface area contributed by atoms with Crippen LogP contribution in [0.15, 0.2) is 12.7 Å². The summed E-state index contributed by atoms with van der Waals surface area (Å²) in [6.45, 7) is 4.29. The molecule has 1 N–H and O–H groups in total. The molecule has 1 aliphatic rings. The van der Waals surface area contributed by atoms with Crippen molar-refractivity contribution in [1.29, 1.82) is 0 Å². The lowest BCUT2D eigenvalue weighted by Gasteiger charge is -2.17. The first-order chi connectivity index (χ1) is 4.79.